The van der Waals surface area contributed by atoms with Crippen LogP contribution in [0.3, 0.4) is 0 Å². The van der Waals surface area contributed by atoms with E-state index < -0.39 is 0 Å². The molecule has 0 bridgehead atoms. The van der Waals surface area contributed by atoms with E-state index in [1.807, 2.05) is 0 Å². The fourth-order valence-corrected chi connectivity index (χ4v) is 1.93. The molecule has 1 aliphatic heterocycles. The minimum Gasteiger partial charge on any atom is -0.303 e. The Morgan fingerprint density at radius 1 is 1.31 bits per heavy atom. The molecule has 1 aliphatic rings. The average Bonchev–Trinajstić information content (AvgIpc) is 2.54. The third-order valence-corrected chi connectivity index (χ3v) is 2.76. The summed E-state index contributed by atoms with van der Waals surface area (Å²) in [4.78, 5) is 2.42. The molecule has 1 heterocycles. The van der Waals surface area contributed by atoms with Gasteiger partial charge in [-0.3, -0.25) is 0 Å². The molecule has 0 spiro atoms. The van der Waals surface area contributed by atoms with Crippen molar-refractivity contribution in [2.75, 3.05) is 13.6 Å². The molecule has 0 saturated carbocycles. The summed E-state index contributed by atoms with van der Waals surface area (Å²) in [5.41, 5.74) is 1.35. The number of likely N-dealkylation sites (tertiary alicyclic amines) is 1. The lowest BCUT2D eigenvalue weighted by molar-refractivity contribution is 0.345. The van der Waals surface area contributed by atoms with Crippen LogP contribution in [0.4, 0.5) is 0 Å². The van der Waals surface area contributed by atoms with Crippen LogP contribution >= 0.6 is 0 Å². The van der Waals surface area contributed by atoms with Crippen molar-refractivity contribution in [2.24, 2.45) is 0 Å². The molecule has 2 rings (SSSR count). The molecule has 1 atom stereocenters. The molecule has 1 aromatic rings. The van der Waals surface area contributed by atoms with Crippen LogP contribution in [0, 0.1) is 6.42 Å². The second kappa shape index (κ2) is 3.93. The second-order valence-electron chi connectivity index (χ2n) is 3.77. The quantitative estimate of drug-likeness (QED) is 0.665. The van der Waals surface area contributed by atoms with Gasteiger partial charge in [-0.05, 0) is 32.0 Å². The molecule has 1 unspecified atom stereocenters. The van der Waals surface area contributed by atoms with Crippen molar-refractivity contribution in [3.63, 3.8) is 0 Å². The number of hydrogen-bond acceptors (Lipinski definition) is 1. The van der Waals surface area contributed by atoms with Crippen molar-refractivity contribution in [2.45, 2.75) is 18.9 Å². The molecule has 0 amide bonds. The Morgan fingerprint density at radius 3 is 2.69 bits per heavy atom. The number of likely N-dealkylation sites (N-methyl/N-ethyl adjacent to an activating group) is 1. The van der Waals surface area contributed by atoms with E-state index in [-0.39, 0.29) is 0 Å². The summed E-state index contributed by atoms with van der Waals surface area (Å²) in [6, 6.07) is 11.3. The molecule has 1 aromatic carbocycles. The maximum Gasteiger partial charge on any atom is 0.0168 e. The van der Waals surface area contributed by atoms with E-state index in [0.717, 1.165) is 0 Å². The van der Waals surface area contributed by atoms with Crippen molar-refractivity contribution in [1.82, 2.24) is 4.90 Å². The summed E-state index contributed by atoms with van der Waals surface area (Å²) < 4.78 is 0. The summed E-state index contributed by atoms with van der Waals surface area (Å²) in [5.74, 6) is 0. The van der Waals surface area contributed by atoms with Crippen LogP contribution in [0.2, 0.25) is 0 Å². The first-order valence-electron chi connectivity index (χ1n) is 4.96. The van der Waals surface area contributed by atoms with E-state index in [0.29, 0.717) is 6.04 Å². The topological polar surface area (TPSA) is 3.24 Å². The molecular weight excluding hydrogens is 158 g/mol. The molecule has 1 nitrogen and oxygen atoms in total. The molecule has 69 valence electrons. The van der Waals surface area contributed by atoms with E-state index in [1.165, 1.54) is 24.9 Å². The van der Waals surface area contributed by atoms with Crippen molar-refractivity contribution in [3.8, 4) is 0 Å². The predicted octanol–water partition coefficient (Wildman–Crippen LogP) is 2.33. The first kappa shape index (κ1) is 8.76. The normalized spacial score (nSPS) is 23.6. The minimum atomic E-state index is 0.655. The summed E-state index contributed by atoms with van der Waals surface area (Å²) in [6.45, 7) is 1.24. The molecule has 1 fully saturated rings. The third-order valence-electron chi connectivity index (χ3n) is 2.76. The van der Waals surface area contributed by atoms with Crippen LogP contribution in [-0.4, -0.2) is 24.5 Å². The smallest absolute Gasteiger partial charge is 0.0168 e. The Hall–Kier alpha value is -0.820. The van der Waals surface area contributed by atoms with Crippen LogP contribution in [0.1, 0.15) is 18.4 Å². The SMILES string of the molecule is CN1CCCC1[CH]c1ccccc1. The van der Waals surface area contributed by atoms with Crippen molar-refractivity contribution in [3.05, 3.63) is 42.3 Å². The minimum absolute atomic E-state index is 0.655. The van der Waals surface area contributed by atoms with Gasteiger partial charge in [-0.25, -0.2) is 0 Å². The van der Waals surface area contributed by atoms with Gasteiger partial charge in [-0.1, -0.05) is 30.3 Å². The lowest BCUT2D eigenvalue weighted by atomic mass is 10.0. The summed E-state index contributed by atoms with van der Waals surface area (Å²) in [5, 5.41) is 0. The van der Waals surface area contributed by atoms with Gasteiger partial charge in [-0.15, -0.1) is 0 Å². The second-order valence-corrected chi connectivity index (χ2v) is 3.77. The zero-order valence-corrected chi connectivity index (χ0v) is 8.11. The number of nitrogens with zero attached hydrogens (tertiary/aromatic N) is 1. The van der Waals surface area contributed by atoms with Gasteiger partial charge < -0.3 is 4.90 Å². The van der Waals surface area contributed by atoms with E-state index in [1.54, 1.807) is 0 Å². The highest BCUT2D eigenvalue weighted by atomic mass is 15.1. The van der Waals surface area contributed by atoms with E-state index >= 15 is 0 Å². The Morgan fingerprint density at radius 2 is 2.08 bits per heavy atom. The van der Waals surface area contributed by atoms with Crippen molar-refractivity contribution < 1.29 is 0 Å². The standard InChI is InChI=1S/C12H16N/c1-13-9-5-8-12(13)10-11-6-3-2-4-7-11/h2-4,6-7,10,12H,5,8-9H2,1H3. The molecule has 1 saturated heterocycles. The first-order chi connectivity index (χ1) is 6.36. The molecular formula is C12H16N. The van der Waals surface area contributed by atoms with Crippen molar-refractivity contribution >= 4 is 0 Å². The van der Waals surface area contributed by atoms with Gasteiger partial charge >= 0.3 is 0 Å². The average molecular weight is 174 g/mol. The highest BCUT2D eigenvalue weighted by Gasteiger charge is 2.20. The fourth-order valence-electron chi connectivity index (χ4n) is 1.93. The molecule has 0 aliphatic carbocycles. The zero-order valence-electron chi connectivity index (χ0n) is 8.11. The monoisotopic (exact) mass is 174 g/mol. The highest BCUT2D eigenvalue weighted by molar-refractivity contribution is 5.25. The highest BCUT2D eigenvalue weighted by Crippen LogP contribution is 2.20. The Bertz CT molecular complexity index is 255. The number of rotatable bonds is 2. The zero-order chi connectivity index (χ0) is 9.10. The summed E-state index contributed by atoms with van der Waals surface area (Å²) in [7, 11) is 2.21. The molecule has 1 heteroatoms. The Balaban J connectivity index is 1.98. The largest absolute Gasteiger partial charge is 0.303 e. The van der Waals surface area contributed by atoms with Gasteiger partial charge in [0, 0.05) is 12.5 Å². The Kier molecular flexibility index (Phi) is 2.65. The van der Waals surface area contributed by atoms with Crippen LogP contribution in [-0.2, 0) is 0 Å². The van der Waals surface area contributed by atoms with Gasteiger partial charge in [0.1, 0.15) is 0 Å². The van der Waals surface area contributed by atoms with Gasteiger partial charge in [-0.2, -0.15) is 0 Å². The lowest BCUT2D eigenvalue weighted by Gasteiger charge is -2.18. The fraction of sp³-hybridized carbons (Fsp3) is 0.417. The molecule has 1 radical (unpaired) electrons. The van der Waals surface area contributed by atoms with E-state index in [2.05, 4.69) is 48.7 Å². The van der Waals surface area contributed by atoms with Gasteiger partial charge in [0.05, 0.1) is 0 Å². The van der Waals surface area contributed by atoms with Gasteiger partial charge in [0.2, 0.25) is 0 Å². The molecule has 0 N–H and O–H groups in total. The molecule has 0 aromatic heterocycles. The first-order valence-corrected chi connectivity index (χ1v) is 4.96. The Labute approximate surface area is 80.4 Å². The van der Waals surface area contributed by atoms with Crippen LogP contribution in [0.15, 0.2) is 30.3 Å². The van der Waals surface area contributed by atoms with E-state index in [4.69, 9.17) is 0 Å². The van der Waals surface area contributed by atoms with Crippen LogP contribution in [0.25, 0.3) is 0 Å². The number of hydrogen-bond donors (Lipinski definition) is 0. The number of benzene rings is 1. The summed E-state index contributed by atoms with van der Waals surface area (Å²) in [6.07, 6.45) is 5.02. The van der Waals surface area contributed by atoms with Crippen LogP contribution < -0.4 is 0 Å². The maximum atomic E-state index is 2.42. The predicted molar refractivity (Wildman–Crippen MR) is 55.5 cm³/mol. The molecule has 13 heavy (non-hydrogen) atoms. The maximum absolute atomic E-state index is 2.42. The van der Waals surface area contributed by atoms with Crippen molar-refractivity contribution in [1.29, 1.82) is 0 Å². The van der Waals surface area contributed by atoms with Crippen LogP contribution in [0.5, 0.6) is 0 Å². The lowest BCUT2D eigenvalue weighted by Crippen LogP contribution is -2.25. The van der Waals surface area contributed by atoms with E-state index in [9.17, 15) is 0 Å². The third kappa shape index (κ3) is 2.10. The van der Waals surface area contributed by atoms with Gasteiger partial charge in [0.15, 0.2) is 0 Å². The summed E-state index contributed by atoms with van der Waals surface area (Å²) >= 11 is 0. The van der Waals surface area contributed by atoms with Gasteiger partial charge in [0.25, 0.3) is 0 Å².